The van der Waals surface area contributed by atoms with Gasteiger partial charge >= 0.3 is 0 Å². The first-order valence-electron chi connectivity index (χ1n) is 10.3. The SMILES string of the molecule is CN1CCN(CCCCNC(=O)c2cccc(S(=O)(=O)N3CCOCC3)c2)CC1. The van der Waals surface area contributed by atoms with Crippen molar-refractivity contribution in [2.45, 2.75) is 17.7 Å². The van der Waals surface area contributed by atoms with E-state index in [1.807, 2.05) is 0 Å². The maximum Gasteiger partial charge on any atom is 0.251 e. The van der Waals surface area contributed by atoms with Crippen LogP contribution >= 0.6 is 0 Å². The van der Waals surface area contributed by atoms with E-state index >= 15 is 0 Å². The summed E-state index contributed by atoms with van der Waals surface area (Å²) in [4.78, 5) is 17.4. The number of sulfonamides is 1. The molecule has 0 aromatic heterocycles. The lowest BCUT2D eigenvalue weighted by atomic mass is 10.2. The van der Waals surface area contributed by atoms with Crippen LogP contribution in [-0.2, 0) is 14.8 Å². The number of carbonyl (C=O) groups excluding carboxylic acids is 1. The third-order valence-corrected chi connectivity index (χ3v) is 7.38. The molecule has 0 saturated carbocycles. The molecule has 162 valence electrons. The van der Waals surface area contributed by atoms with Crippen molar-refractivity contribution < 1.29 is 17.9 Å². The van der Waals surface area contributed by atoms with Crippen LogP contribution in [0.3, 0.4) is 0 Å². The van der Waals surface area contributed by atoms with Crippen LogP contribution < -0.4 is 5.32 Å². The fourth-order valence-electron chi connectivity index (χ4n) is 3.57. The summed E-state index contributed by atoms with van der Waals surface area (Å²) in [5, 5.41) is 2.91. The number of ether oxygens (including phenoxy) is 1. The van der Waals surface area contributed by atoms with E-state index < -0.39 is 10.0 Å². The summed E-state index contributed by atoms with van der Waals surface area (Å²) in [6.45, 7) is 7.55. The van der Waals surface area contributed by atoms with Gasteiger partial charge in [-0.05, 0) is 44.6 Å². The van der Waals surface area contributed by atoms with E-state index in [0.29, 0.717) is 38.4 Å². The van der Waals surface area contributed by atoms with Crippen LogP contribution in [0.2, 0.25) is 0 Å². The molecule has 8 nitrogen and oxygen atoms in total. The van der Waals surface area contributed by atoms with Crippen LogP contribution in [0.1, 0.15) is 23.2 Å². The van der Waals surface area contributed by atoms with Crippen LogP contribution in [0.4, 0.5) is 0 Å². The lowest BCUT2D eigenvalue weighted by Crippen LogP contribution is -2.44. The monoisotopic (exact) mass is 424 g/mol. The highest BCUT2D eigenvalue weighted by Gasteiger charge is 2.26. The highest BCUT2D eigenvalue weighted by Crippen LogP contribution is 2.18. The average Bonchev–Trinajstić information content (AvgIpc) is 2.75. The minimum atomic E-state index is -3.60. The van der Waals surface area contributed by atoms with Gasteiger partial charge in [0.1, 0.15) is 0 Å². The van der Waals surface area contributed by atoms with Crippen molar-refractivity contribution in [1.29, 1.82) is 0 Å². The number of piperazine rings is 1. The van der Waals surface area contributed by atoms with Gasteiger partial charge in [-0.1, -0.05) is 6.07 Å². The average molecular weight is 425 g/mol. The number of nitrogens with zero attached hydrogens (tertiary/aromatic N) is 3. The molecule has 0 unspecified atom stereocenters. The van der Waals surface area contributed by atoms with Crippen LogP contribution in [0.25, 0.3) is 0 Å². The quantitative estimate of drug-likeness (QED) is 0.611. The molecule has 3 rings (SSSR count). The van der Waals surface area contributed by atoms with Crippen molar-refractivity contribution in [3.8, 4) is 0 Å². The topological polar surface area (TPSA) is 82.2 Å². The number of rotatable bonds is 8. The molecule has 1 aromatic rings. The molecular formula is C20H32N4O4S. The molecular weight excluding hydrogens is 392 g/mol. The van der Waals surface area contributed by atoms with Crippen molar-refractivity contribution >= 4 is 15.9 Å². The summed E-state index contributed by atoms with van der Waals surface area (Å²) >= 11 is 0. The second kappa shape index (κ2) is 10.5. The number of hydrogen-bond acceptors (Lipinski definition) is 6. The molecule has 0 bridgehead atoms. The zero-order valence-electron chi connectivity index (χ0n) is 17.2. The number of benzene rings is 1. The van der Waals surface area contributed by atoms with E-state index in [1.165, 1.54) is 16.4 Å². The number of unbranched alkanes of at least 4 members (excludes halogenated alkanes) is 1. The standard InChI is InChI=1S/C20H32N4O4S/c1-22-9-11-23(12-10-22)8-3-2-7-21-20(25)18-5-4-6-19(17-18)29(26,27)24-13-15-28-16-14-24/h4-6,17H,2-3,7-16H2,1H3,(H,21,25). The Labute approximate surface area is 173 Å². The molecule has 0 spiro atoms. The molecule has 0 radical (unpaired) electrons. The predicted octanol–water partition coefficient (Wildman–Crippen LogP) is 0.465. The molecule has 2 fully saturated rings. The summed E-state index contributed by atoms with van der Waals surface area (Å²) in [5.41, 5.74) is 0.374. The first kappa shape index (κ1) is 22.2. The van der Waals surface area contributed by atoms with E-state index in [1.54, 1.807) is 12.1 Å². The van der Waals surface area contributed by atoms with Gasteiger partial charge in [-0.3, -0.25) is 4.79 Å². The number of hydrogen-bond donors (Lipinski definition) is 1. The third kappa shape index (κ3) is 6.23. The Morgan fingerprint density at radius 2 is 1.79 bits per heavy atom. The van der Waals surface area contributed by atoms with Crippen molar-refractivity contribution in [3.63, 3.8) is 0 Å². The van der Waals surface area contributed by atoms with E-state index in [0.717, 1.165) is 45.6 Å². The first-order chi connectivity index (χ1) is 14.0. The fourth-order valence-corrected chi connectivity index (χ4v) is 5.02. The van der Waals surface area contributed by atoms with E-state index in [-0.39, 0.29) is 10.8 Å². The predicted molar refractivity (Wildman–Crippen MR) is 112 cm³/mol. The van der Waals surface area contributed by atoms with Crippen molar-refractivity contribution in [2.24, 2.45) is 0 Å². The molecule has 1 N–H and O–H groups in total. The smallest absolute Gasteiger partial charge is 0.251 e. The molecule has 2 heterocycles. The maximum atomic E-state index is 12.8. The number of amides is 1. The number of nitrogens with one attached hydrogen (secondary N) is 1. The van der Waals surface area contributed by atoms with Crippen molar-refractivity contribution in [2.75, 3.05) is 72.6 Å². The summed E-state index contributed by atoms with van der Waals surface area (Å²) in [6, 6.07) is 6.27. The zero-order chi connectivity index (χ0) is 20.7. The van der Waals surface area contributed by atoms with Gasteiger partial charge in [0, 0.05) is 51.4 Å². The highest BCUT2D eigenvalue weighted by molar-refractivity contribution is 7.89. The van der Waals surface area contributed by atoms with Gasteiger partial charge in [0.05, 0.1) is 18.1 Å². The molecule has 1 amide bonds. The Morgan fingerprint density at radius 3 is 2.52 bits per heavy atom. The maximum absolute atomic E-state index is 12.8. The van der Waals surface area contributed by atoms with Gasteiger partial charge in [-0.15, -0.1) is 0 Å². The Hall–Kier alpha value is -1.52. The van der Waals surface area contributed by atoms with Crippen LogP contribution in [0.5, 0.6) is 0 Å². The number of carbonyl (C=O) groups is 1. The highest BCUT2D eigenvalue weighted by atomic mass is 32.2. The largest absolute Gasteiger partial charge is 0.379 e. The van der Waals surface area contributed by atoms with Crippen molar-refractivity contribution in [3.05, 3.63) is 29.8 Å². The zero-order valence-corrected chi connectivity index (χ0v) is 18.0. The van der Waals surface area contributed by atoms with Gasteiger partial charge in [-0.2, -0.15) is 4.31 Å². The second-order valence-electron chi connectivity index (χ2n) is 7.65. The summed E-state index contributed by atoms with van der Waals surface area (Å²) in [7, 11) is -1.45. The van der Waals surface area contributed by atoms with Gasteiger partial charge in [-0.25, -0.2) is 8.42 Å². The summed E-state index contributed by atoms with van der Waals surface area (Å²) in [5.74, 6) is -0.233. The van der Waals surface area contributed by atoms with Crippen molar-refractivity contribution in [1.82, 2.24) is 19.4 Å². The Balaban J connectivity index is 1.45. The second-order valence-corrected chi connectivity index (χ2v) is 9.59. The van der Waals surface area contributed by atoms with Gasteiger partial charge in [0.15, 0.2) is 0 Å². The first-order valence-corrected chi connectivity index (χ1v) is 11.8. The third-order valence-electron chi connectivity index (χ3n) is 5.49. The lowest BCUT2D eigenvalue weighted by molar-refractivity contribution is 0.0730. The number of likely N-dealkylation sites (N-methyl/N-ethyl adjacent to an activating group) is 1. The molecule has 0 atom stereocenters. The normalized spacial score (nSPS) is 19.9. The van der Waals surface area contributed by atoms with E-state index in [2.05, 4.69) is 22.2 Å². The molecule has 1 aromatic carbocycles. The van der Waals surface area contributed by atoms with E-state index in [4.69, 9.17) is 4.74 Å². The summed E-state index contributed by atoms with van der Waals surface area (Å²) in [6.07, 6.45) is 1.94. The van der Waals surface area contributed by atoms with Crippen LogP contribution in [0.15, 0.2) is 29.2 Å². The van der Waals surface area contributed by atoms with Gasteiger partial charge in [0.2, 0.25) is 10.0 Å². The van der Waals surface area contributed by atoms with Gasteiger partial charge < -0.3 is 19.9 Å². The minimum Gasteiger partial charge on any atom is -0.379 e. The van der Waals surface area contributed by atoms with Crippen LogP contribution in [-0.4, -0.2) is 101 Å². The summed E-state index contributed by atoms with van der Waals surface area (Å²) < 4.78 is 32.2. The molecule has 0 aliphatic carbocycles. The fraction of sp³-hybridized carbons (Fsp3) is 0.650. The number of morpholine rings is 1. The molecule has 2 aliphatic rings. The van der Waals surface area contributed by atoms with Gasteiger partial charge in [0.25, 0.3) is 5.91 Å². The Morgan fingerprint density at radius 1 is 1.07 bits per heavy atom. The molecule has 29 heavy (non-hydrogen) atoms. The van der Waals surface area contributed by atoms with E-state index in [9.17, 15) is 13.2 Å². The Kier molecular flexibility index (Phi) is 8.02. The minimum absolute atomic E-state index is 0.155. The van der Waals surface area contributed by atoms with Crippen LogP contribution in [0, 0.1) is 0 Å². The molecule has 2 saturated heterocycles. The lowest BCUT2D eigenvalue weighted by Gasteiger charge is -2.32. The Bertz CT molecular complexity index is 772. The molecule has 2 aliphatic heterocycles. The molecule has 9 heteroatoms.